The Morgan fingerprint density at radius 2 is 2.00 bits per heavy atom. The van der Waals surface area contributed by atoms with Gasteiger partial charge in [-0.2, -0.15) is 0 Å². The van der Waals surface area contributed by atoms with Crippen LogP contribution in [0.3, 0.4) is 0 Å². The van der Waals surface area contributed by atoms with Crippen molar-refractivity contribution in [1.29, 1.82) is 0 Å². The van der Waals surface area contributed by atoms with Gasteiger partial charge in [0.1, 0.15) is 0 Å². The lowest BCUT2D eigenvalue weighted by Crippen LogP contribution is -2.28. The molecule has 1 aromatic rings. The van der Waals surface area contributed by atoms with Crippen LogP contribution in [0.2, 0.25) is 0 Å². The predicted molar refractivity (Wildman–Crippen MR) is 89.9 cm³/mol. The lowest BCUT2D eigenvalue weighted by molar-refractivity contribution is 0.197. The summed E-state index contributed by atoms with van der Waals surface area (Å²) in [6.45, 7) is 7.50. The molecule has 0 aromatic heterocycles. The Morgan fingerprint density at radius 3 is 2.76 bits per heavy atom. The fourth-order valence-electron chi connectivity index (χ4n) is 3.47. The number of rotatable bonds is 9. The molecule has 0 aliphatic heterocycles. The van der Waals surface area contributed by atoms with E-state index in [1.807, 2.05) is 0 Å². The highest BCUT2D eigenvalue weighted by Gasteiger charge is 2.15. The van der Waals surface area contributed by atoms with E-state index in [2.05, 4.69) is 37.4 Å². The molecule has 1 aromatic carbocycles. The van der Waals surface area contributed by atoms with Crippen LogP contribution < -0.4 is 5.32 Å². The van der Waals surface area contributed by atoms with E-state index in [0.29, 0.717) is 0 Å². The van der Waals surface area contributed by atoms with Crippen molar-refractivity contribution in [3.63, 3.8) is 0 Å². The number of hydrogen-bond acceptors (Lipinski definition) is 2. The van der Waals surface area contributed by atoms with Crippen molar-refractivity contribution in [2.24, 2.45) is 11.8 Å². The molecule has 1 unspecified atom stereocenters. The third kappa shape index (κ3) is 5.44. The SMILES string of the molecule is COCCNCC(Cc1ccc2c(c1)CCC2)CC(C)C. The third-order valence-corrected chi connectivity index (χ3v) is 4.41. The molecular weight excluding hydrogens is 258 g/mol. The van der Waals surface area contributed by atoms with E-state index >= 15 is 0 Å². The molecule has 2 rings (SSSR count). The van der Waals surface area contributed by atoms with E-state index in [0.717, 1.165) is 31.5 Å². The first-order valence-electron chi connectivity index (χ1n) is 8.49. The summed E-state index contributed by atoms with van der Waals surface area (Å²) in [4.78, 5) is 0. The summed E-state index contributed by atoms with van der Waals surface area (Å²) in [6.07, 6.45) is 6.39. The summed E-state index contributed by atoms with van der Waals surface area (Å²) in [5.41, 5.74) is 4.70. The number of benzene rings is 1. The van der Waals surface area contributed by atoms with Crippen molar-refractivity contribution in [3.05, 3.63) is 34.9 Å². The number of fused-ring (bicyclic) bond motifs is 1. The van der Waals surface area contributed by atoms with Crippen LogP contribution in [0.4, 0.5) is 0 Å². The van der Waals surface area contributed by atoms with Gasteiger partial charge >= 0.3 is 0 Å². The van der Waals surface area contributed by atoms with Crippen LogP contribution in [0.25, 0.3) is 0 Å². The summed E-state index contributed by atoms with van der Waals surface area (Å²) in [7, 11) is 1.76. The van der Waals surface area contributed by atoms with E-state index in [9.17, 15) is 0 Å². The molecule has 2 heteroatoms. The van der Waals surface area contributed by atoms with E-state index in [1.165, 1.54) is 37.7 Å². The van der Waals surface area contributed by atoms with Gasteiger partial charge in [0.2, 0.25) is 0 Å². The highest BCUT2D eigenvalue weighted by molar-refractivity contribution is 5.35. The standard InChI is InChI=1S/C19H31NO/c1-15(2)11-17(14-20-9-10-21-3)12-16-7-8-18-5-4-6-19(18)13-16/h7-8,13,15,17,20H,4-6,9-12,14H2,1-3H3. The molecule has 0 saturated heterocycles. The molecule has 1 aliphatic rings. The molecular formula is C19H31NO. The second-order valence-electron chi connectivity index (χ2n) is 6.85. The van der Waals surface area contributed by atoms with Crippen LogP contribution >= 0.6 is 0 Å². The molecule has 1 atom stereocenters. The monoisotopic (exact) mass is 289 g/mol. The topological polar surface area (TPSA) is 21.3 Å². The first-order chi connectivity index (χ1) is 10.2. The summed E-state index contributed by atoms with van der Waals surface area (Å²) in [6, 6.07) is 7.18. The Bertz CT molecular complexity index is 428. The second kappa shape index (κ2) is 8.55. The Kier molecular flexibility index (Phi) is 6.72. The number of ether oxygens (including phenoxy) is 1. The van der Waals surface area contributed by atoms with Crippen LogP contribution in [0.15, 0.2) is 18.2 Å². The molecule has 0 radical (unpaired) electrons. The van der Waals surface area contributed by atoms with Gasteiger partial charge in [-0.3, -0.25) is 0 Å². The third-order valence-electron chi connectivity index (χ3n) is 4.41. The average Bonchev–Trinajstić information content (AvgIpc) is 2.90. The number of hydrogen-bond donors (Lipinski definition) is 1. The van der Waals surface area contributed by atoms with Gasteiger partial charge in [0.15, 0.2) is 0 Å². The maximum atomic E-state index is 5.11. The summed E-state index contributed by atoms with van der Waals surface area (Å²) >= 11 is 0. The minimum Gasteiger partial charge on any atom is -0.383 e. The molecule has 0 heterocycles. The zero-order valence-electron chi connectivity index (χ0n) is 14.0. The summed E-state index contributed by atoms with van der Waals surface area (Å²) < 4.78 is 5.11. The van der Waals surface area contributed by atoms with Gasteiger partial charge in [0, 0.05) is 13.7 Å². The number of nitrogens with one attached hydrogen (secondary N) is 1. The van der Waals surface area contributed by atoms with Gasteiger partial charge in [-0.15, -0.1) is 0 Å². The maximum absolute atomic E-state index is 5.11. The number of methoxy groups -OCH3 is 1. The van der Waals surface area contributed by atoms with Crippen LogP contribution in [0.5, 0.6) is 0 Å². The molecule has 0 saturated carbocycles. The molecule has 1 N–H and O–H groups in total. The van der Waals surface area contributed by atoms with E-state index in [4.69, 9.17) is 4.74 Å². The zero-order valence-corrected chi connectivity index (χ0v) is 14.0. The quantitative estimate of drug-likeness (QED) is 0.701. The summed E-state index contributed by atoms with van der Waals surface area (Å²) in [5.74, 6) is 1.48. The Labute approximate surface area is 130 Å². The van der Waals surface area contributed by atoms with Gasteiger partial charge in [-0.25, -0.2) is 0 Å². The molecule has 2 nitrogen and oxygen atoms in total. The minimum atomic E-state index is 0.723. The zero-order chi connectivity index (χ0) is 15.1. The molecule has 1 aliphatic carbocycles. The fourth-order valence-corrected chi connectivity index (χ4v) is 3.47. The molecule has 0 bridgehead atoms. The molecule has 0 amide bonds. The lowest BCUT2D eigenvalue weighted by Gasteiger charge is -2.20. The van der Waals surface area contributed by atoms with E-state index in [-0.39, 0.29) is 0 Å². The molecule has 21 heavy (non-hydrogen) atoms. The fraction of sp³-hybridized carbons (Fsp3) is 0.684. The smallest absolute Gasteiger partial charge is 0.0587 e. The van der Waals surface area contributed by atoms with Gasteiger partial charge < -0.3 is 10.1 Å². The van der Waals surface area contributed by atoms with Crippen molar-refractivity contribution in [2.75, 3.05) is 26.8 Å². The van der Waals surface area contributed by atoms with Crippen molar-refractivity contribution in [1.82, 2.24) is 5.32 Å². The highest BCUT2D eigenvalue weighted by atomic mass is 16.5. The van der Waals surface area contributed by atoms with Crippen molar-refractivity contribution >= 4 is 0 Å². The molecule has 0 fully saturated rings. The highest BCUT2D eigenvalue weighted by Crippen LogP contribution is 2.25. The van der Waals surface area contributed by atoms with Crippen molar-refractivity contribution in [2.45, 2.75) is 46.0 Å². The minimum absolute atomic E-state index is 0.723. The Morgan fingerprint density at radius 1 is 1.19 bits per heavy atom. The normalized spacial score (nSPS) is 15.4. The van der Waals surface area contributed by atoms with Gasteiger partial charge in [-0.05, 0) is 67.2 Å². The maximum Gasteiger partial charge on any atom is 0.0587 e. The second-order valence-corrected chi connectivity index (χ2v) is 6.85. The Hall–Kier alpha value is -0.860. The lowest BCUT2D eigenvalue weighted by atomic mass is 9.90. The van der Waals surface area contributed by atoms with Crippen LogP contribution in [0, 0.1) is 11.8 Å². The van der Waals surface area contributed by atoms with Gasteiger partial charge in [-0.1, -0.05) is 32.0 Å². The van der Waals surface area contributed by atoms with Crippen LogP contribution in [-0.2, 0) is 24.0 Å². The first-order valence-corrected chi connectivity index (χ1v) is 8.49. The first kappa shape index (κ1) is 16.5. The Balaban J connectivity index is 1.90. The van der Waals surface area contributed by atoms with Crippen molar-refractivity contribution in [3.8, 4) is 0 Å². The largest absolute Gasteiger partial charge is 0.383 e. The molecule has 118 valence electrons. The van der Waals surface area contributed by atoms with Crippen LogP contribution in [0.1, 0.15) is 43.4 Å². The number of aryl methyl sites for hydroxylation is 2. The molecule has 0 spiro atoms. The summed E-state index contributed by atoms with van der Waals surface area (Å²) in [5, 5.41) is 3.54. The predicted octanol–water partition coefficient (Wildman–Crippen LogP) is 3.62. The van der Waals surface area contributed by atoms with E-state index in [1.54, 1.807) is 18.2 Å². The van der Waals surface area contributed by atoms with Crippen LogP contribution in [-0.4, -0.2) is 26.8 Å². The average molecular weight is 289 g/mol. The van der Waals surface area contributed by atoms with Crippen molar-refractivity contribution < 1.29 is 4.74 Å². The van der Waals surface area contributed by atoms with Gasteiger partial charge in [0.25, 0.3) is 0 Å². The van der Waals surface area contributed by atoms with Gasteiger partial charge in [0.05, 0.1) is 6.61 Å². The van der Waals surface area contributed by atoms with E-state index < -0.39 is 0 Å².